The lowest BCUT2D eigenvalue weighted by Crippen LogP contribution is -1.98. The first kappa shape index (κ1) is 8.80. The summed E-state index contributed by atoms with van der Waals surface area (Å²) in [5.41, 5.74) is -0.240. The Morgan fingerprint density at radius 3 is 2.64 bits per heavy atom. The van der Waals surface area contributed by atoms with Crippen LogP contribution in [0.1, 0.15) is 12.1 Å². The third kappa shape index (κ3) is 1.61. The Labute approximate surface area is 79.0 Å². The maximum Gasteiger partial charge on any atom is 0.282 e. The zero-order valence-electron chi connectivity index (χ0n) is 7.14. The van der Waals surface area contributed by atoms with Gasteiger partial charge in [-0.1, -0.05) is 6.07 Å². The lowest BCUT2D eigenvalue weighted by atomic mass is 10.4. The summed E-state index contributed by atoms with van der Waals surface area (Å²) in [5.74, 6) is 0.527. The van der Waals surface area contributed by atoms with E-state index in [1.165, 1.54) is 16.9 Å². The van der Waals surface area contributed by atoms with Gasteiger partial charge < -0.3 is 0 Å². The van der Waals surface area contributed by atoms with Gasteiger partial charge in [0.2, 0.25) is 0 Å². The third-order valence-corrected chi connectivity index (χ3v) is 1.72. The fourth-order valence-corrected chi connectivity index (χ4v) is 1.07. The van der Waals surface area contributed by atoms with E-state index in [0.29, 0.717) is 5.82 Å². The molecule has 0 bridgehead atoms. The van der Waals surface area contributed by atoms with E-state index < -0.39 is 6.43 Å². The van der Waals surface area contributed by atoms with Crippen LogP contribution in [0, 0.1) is 0 Å². The summed E-state index contributed by atoms with van der Waals surface area (Å²) < 4.78 is 25.7. The maximum absolute atomic E-state index is 12.2. The number of nitrogens with zero attached hydrogens (tertiary/aromatic N) is 3. The first-order valence-electron chi connectivity index (χ1n) is 4.02. The average molecular weight is 195 g/mol. The molecule has 0 saturated heterocycles. The molecule has 14 heavy (non-hydrogen) atoms. The second-order valence-corrected chi connectivity index (χ2v) is 2.67. The molecule has 0 aliphatic heterocycles. The molecular weight excluding hydrogens is 188 g/mol. The fraction of sp³-hybridized carbons (Fsp3) is 0.111. The molecule has 0 fully saturated rings. The number of hydrogen-bond donors (Lipinski definition) is 0. The number of halogens is 2. The molecule has 0 amide bonds. The minimum Gasteiger partial charge on any atom is -0.237 e. The highest BCUT2D eigenvalue weighted by Gasteiger charge is 2.10. The Kier molecular flexibility index (Phi) is 2.22. The summed E-state index contributed by atoms with van der Waals surface area (Å²) >= 11 is 0. The van der Waals surface area contributed by atoms with Crippen molar-refractivity contribution in [3.05, 3.63) is 42.4 Å². The average Bonchev–Trinajstić information content (AvgIpc) is 2.68. The lowest BCUT2D eigenvalue weighted by molar-refractivity contribution is 0.145. The zero-order valence-corrected chi connectivity index (χ0v) is 7.14. The molecule has 0 atom stereocenters. The molecule has 0 aliphatic carbocycles. The molecule has 2 rings (SSSR count). The molecule has 2 aromatic rings. The molecule has 0 aliphatic rings. The smallest absolute Gasteiger partial charge is 0.237 e. The van der Waals surface area contributed by atoms with Gasteiger partial charge >= 0.3 is 0 Å². The standard InChI is InChI=1S/C9H7F2N3/c10-9(11)7-4-6-14(13-7)8-3-1-2-5-12-8/h1-6,9H. The summed E-state index contributed by atoms with van der Waals surface area (Å²) in [7, 11) is 0. The molecule has 0 unspecified atom stereocenters. The van der Waals surface area contributed by atoms with Crippen molar-refractivity contribution in [3.8, 4) is 5.82 Å². The van der Waals surface area contributed by atoms with Crippen LogP contribution >= 0.6 is 0 Å². The minimum absolute atomic E-state index is 0.240. The van der Waals surface area contributed by atoms with Gasteiger partial charge in [0.05, 0.1) is 0 Å². The van der Waals surface area contributed by atoms with Crippen LogP contribution in [0.4, 0.5) is 8.78 Å². The summed E-state index contributed by atoms with van der Waals surface area (Å²) in [5, 5.41) is 3.68. The van der Waals surface area contributed by atoms with Gasteiger partial charge in [-0.25, -0.2) is 18.4 Å². The number of alkyl halides is 2. The summed E-state index contributed by atoms with van der Waals surface area (Å²) in [6.07, 6.45) is 0.503. The van der Waals surface area contributed by atoms with Crippen LogP contribution in [0.25, 0.3) is 5.82 Å². The van der Waals surface area contributed by atoms with Crippen molar-refractivity contribution in [1.29, 1.82) is 0 Å². The van der Waals surface area contributed by atoms with Crippen molar-refractivity contribution in [2.45, 2.75) is 6.43 Å². The highest BCUT2D eigenvalue weighted by molar-refractivity contribution is 5.21. The van der Waals surface area contributed by atoms with Gasteiger partial charge in [0.1, 0.15) is 5.69 Å². The van der Waals surface area contributed by atoms with E-state index in [-0.39, 0.29) is 5.69 Å². The Morgan fingerprint density at radius 1 is 1.21 bits per heavy atom. The van der Waals surface area contributed by atoms with E-state index in [0.717, 1.165) is 0 Å². The van der Waals surface area contributed by atoms with Crippen molar-refractivity contribution in [3.63, 3.8) is 0 Å². The number of rotatable bonds is 2. The fourth-order valence-electron chi connectivity index (χ4n) is 1.07. The van der Waals surface area contributed by atoms with Gasteiger partial charge in [0.15, 0.2) is 5.82 Å². The van der Waals surface area contributed by atoms with E-state index in [2.05, 4.69) is 10.1 Å². The minimum atomic E-state index is -2.54. The Morgan fingerprint density at radius 2 is 2.07 bits per heavy atom. The molecular formula is C9H7F2N3. The Bertz CT molecular complexity index is 411. The second kappa shape index (κ2) is 3.53. The largest absolute Gasteiger partial charge is 0.282 e. The predicted octanol–water partition coefficient (Wildman–Crippen LogP) is 2.20. The van der Waals surface area contributed by atoms with Crippen LogP contribution in [0.15, 0.2) is 36.7 Å². The van der Waals surface area contributed by atoms with Crippen molar-refractivity contribution in [2.75, 3.05) is 0 Å². The monoisotopic (exact) mass is 195 g/mol. The summed E-state index contributed by atoms with van der Waals surface area (Å²) in [6.45, 7) is 0. The van der Waals surface area contributed by atoms with Crippen molar-refractivity contribution >= 4 is 0 Å². The van der Waals surface area contributed by atoms with E-state index >= 15 is 0 Å². The molecule has 0 saturated carbocycles. The molecule has 0 N–H and O–H groups in total. The molecule has 5 heteroatoms. The predicted molar refractivity (Wildman–Crippen MR) is 46.3 cm³/mol. The maximum atomic E-state index is 12.2. The van der Waals surface area contributed by atoms with Crippen LogP contribution < -0.4 is 0 Å². The van der Waals surface area contributed by atoms with Crippen LogP contribution in [0.2, 0.25) is 0 Å². The Hall–Kier alpha value is -1.78. The third-order valence-electron chi connectivity index (χ3n) is 1.72. The van der Waals surface area contributed by atoms with E-state index in [9.17, 15) is 8.78 Å². The number of hydrogen-bond acceptors (Lipinski definition) is 2. The lowest BCUT2D eigenvalue weighted by Gasteiger charge is -1.98. The first-order valence-corrected chi connectivity index (χ1v) is 4.02. The zero-order chi connectivity index (χ0) is 9.97. The highest BCUT2D eigenvalue weighted by Crippen LogP contribution is 2.16. The SMILES string of the molecule is FC(F)c1ccn(-c2ccccn2)n1. The Balaban J connectivity index is 2.34. The summed E-state index contributed by atoms with van der Waals surface area (Å²) in [6, 6.07) is 6.49. The molecule has 0 radical (unpaired) electrons. The van der Waals surface area contributed by atoms with Crippen molar-refractivity contribution < 1.29 is 8.78 Å². The van der Waals surface area contributed by atoms with Gasteiger partial charge in [-0.05, 0) is 18.2 Å². The first-order chi connectivity index (χ1) is 6.77. The topological polar surface area (TPSA) is 30.7 Å². The molecule has 72 valence electrons. The van der Waals surface area contributed by atoms with E-state index in [1.807, 2.05) is 0 Å². The molecule has 0 spiro atoms. The van der Waals surface area contributed by atoms with Gasteiger partial charge in [0.25, 0.3) is 6.43 Å². The van der Waals surface area contributed by atoms with Crippen LogP contribution in [-0.2, 0) is 0 Å². The highest BCUT2D eigenvalue weighted by atomic mass is 19.3. The number of pyridine rings is 1. The van der Waals surface area contributed by atoms with E-state index in [1.54, 1.807) is 24.4 Å². The second-order valence-electron chi connectivity index (χ2n) is 2.67. The van der Waals surface area contributed by atoms with Gasteiger partial charge in [0, 0.05) is 12.4 Å². The number of aromatic nitrogens is 3. The van der Waals surface area contributed by atoms with E-state index in [4.69, 9.17) is 0 Å². The van der Waals surface area contributed by atoms with Crippen LogP contribution in [0.3, 0.4) is 0 Å². The molecule has 0 aromatic carbocycles. The summed E-state index contributed by atoms with van der Waals surface area (Å²) in [4.78, 5) is 3.98. The van der Waals surface area contributed by atoms with Crippen molar-refractivity contribution in [2.24, 2.45) is 0 Å². The molecule has 2 heterocycles. The molecule has 2 aromatic heterocycles. The van der Waals surface area contributed by atoms with Crippen LogP contribution in [0.5, 0.6) is 0 Å². The van der Waals surface area contributed by atoms with Gasteiger partial charge in [-0.3, -0.25) is 0 Å². The van der Waals surface area contributed by atoms with Crippen LogP contribution in [-0.4, -0.2) is 14.8 Å². The quantitative estimate of drug-likeness (QED) is 0.735. The molecule has 3 nitrogen and oxygen atoms in total. The van der Waals surface area contributed by atoms with Gasteiger partial charge in [-0.15, -0.1) is 0 Å². The van der Waals surface area contributed by atoms with Crippen molar-refractivity contribution in [1.82, 2.24) is 14.8 Å². The normalized spacial score (nSPS) is 10.8. The van der Waals surface area contributed by atoms with Gasteiger partial charge in [-0.2, -0.15) is 5.10 Å².